The third-order valence-electron chi connectivity index (χ3n) is 4.24. The molecule has 0 aliphatic rings. The summed E-state index contributed by atoms with van der Waals surface area (Å²) in [6.45, 7) is 1.89. The molecule has 0 aromatic heterocycles. The number of hydrogen-bond acceptors (Lipinski definition) is 4. The first-order valence-electron chi connectivity index (χ1n) is 8.75. The van der Waals surface area contributed by atoms with Gasteiger partial charge in [0.1, 0.15) is 5.75 Å². The van der Waals surface area contributed by atoms with E-state index in [9.17, 15) is 9.59 Å². The smallest absolute Gasteiger partial charge is 0.337 e. The fourth-order valence-electron chi connectivity index (χ4n) is 2.76. The van der Waals surface area contributed by atoms with Gasteiger partial charge >= 0.3 is 5.97 Å². The molecule has 0 radical (unpaired) electrons. The van der Waals surface area contributed by atoms with Crippen molar-refractivity contribution in [2.75, 3.05) is 12.4 Å². The Morgan fingerprint density at radius 1 is 0.963 bits per heavy atom. The molecule has 3 rings (SSSR count). The second kappa shape index (κ2) is 8.36. The number of esters is 1. The van der Waals surface area contributed by atoms with Crippen LogP contribution in [0, 0.1) is 0 Å². The van der Waals surface area contributed by atoms with Gasteiger partial charge in [0.15, 0.2) is 6.10 Å². The molecule has 138 valence electrons. The van der Waals surface area contributed by atoms with Crippen molar-refractivity contribution in [3.63, 3.8) is 0 Å². The van der Waals surface area contributed by atoms with Crippen molar-refractivity contribution in [1.82, 2.24) is 0 Å². The molecule has 1 atom stereocenters. The summed E-state index contributed by atoms with van der Waals surface area (Å²) in [5.74, 6) is -0.00726. The average molecular weight is 363 g/mol. The normalized spacial score (nSPS) is 11.6. The van der Waals surface area contributed by atoms with E-state index in [0.717, 1.165) is 10.8 Å². The maximum Gasteiger partial charge on any atom is 0.337 e. The minimum Gasteiger partial charge on any atom is -0.481 e. The topological polar surface area (TPSA) is 64.6 Å². The first-order chi connectivity index (χ1) is 13.1. The van der Waals surface area contributed by atoms with Crippen molar-refractivity contribution < 1.29 is 19.1 Å². The number of methoxy groups -OCH3 is 1. The summed E-state index contributed by atoms with van der Waals surface area (Å²) in [6.07, 6.45) is -0.0923. The summed E-state index contributed by atoms with van der Waals surface area (Å²) in [5.41, 5.74) is 1.02. The molecule has 0 saturated heterocycles. The van der Waals surface area contributed by atoms with E-state index in [-0.39, 0.29) is 5.91 Å². The van der Waals surface area contributed by atoms with E-state index in [1.165, 1.54) is 7.11 Å². The zero-order chi connectivity index (χ0) is 19.2. The number of fused-ring (bicyclic) bond motifs is 1. The molecule has 3 aromatic rings. The molecule has 1 unspecified atom stereocenters. The van der Waals surface area contributed by atoms with Crippen LogP contribution in [0.2, 0.25) is 0 Å². The van der Waals surface area contributed by atoms with Gasteiger partial charge in [0.05, 0.1) is 12.7 Å². The van der Waals surface area contributed by atoms with Gasteiger partial charge in [-0.3, -0.25) is 4.79 Å². The van der Waals surface area contributed by atoms with Crippen LogP contribution >= 0.6 is 0 Å². The molecule has 3 aromatic carbocycles. The van der Waals surface area contributed by atoms with E-state index in [1.54, 1.807) is 24.3 Å². The van der Waals surface area contributed by atoms with Crippen molar-refractivity contribution in [3.8, 4) is 5.75 Å². The molecule has 0 aliphatic carbocycles. The fraction of sp³-hybridized carbons (Fsp3) is 0.182. The van der Waals surface area contributed by atoms with Gasteiger partial charge < -0.3 is 14.8 Å². The number of benzene rings is 3. The highest BCUT2D eigenvalue weighted by molar-refractivity contribution is 5.95. The number of anilines is 1. The third kappa shape index (κ3) is 4.44. The van der Waals surface area contributed by atoms with Crippen LogP contribution in [0.15, 0.2) is 66.7 Å². The molecule has 27 heavy (non-hydrogen) atoms. The van der Waals surface area contributed by atoms with Gasteiger partial charge in [0.25, 0.3) is 5.91 Å². The predicted molar refractivity (Wildman–Crippen MR) is 105 cm³/mol. The third-order valence-corrected chi connectivity index (χ3v) is 4.24. The largest absolute Gasteiger partial charge is 0.481 e. The Morgan fingerprint density at radius 2 is 1.67 bits per heavy atom. The van der Waals surface area contributed by atoms with Crippen molar-refractivity contribution in [2.45, 2.75) is 19.4 Å². The van der Waals surface area contributed by atoms with Crippen molar-refractivity contribution in [3.05, 3.63) is 72.3 Å². The van der Waals surface area contributed by atoms with Crippen LogP contribution in [0.5, 0.6) is 5.75 Å². The fourth-order valence-corrected chi connectivity index (χ4v) is 2.76. The van der Waals surface area contributed by atoms with Gasteiger partial charge in [-0.05, 0) is 53.6 Å². The van der Waals surface area contributed by atoms with Gasteiger partial charge in [-0.2, -0.15) is 0 Å². The summed E-state index contributed by atoms with van der Waals surface area (Å²) in [4.78, 5) is 24.0. The van der Waals surface area contributed by atoms with Crippen molar-refractivity contribution in [2.24, 2.45) is 0 Å². The monoisotopic (exact) mass is 363 g/mol. The Morgan fingerprint density at radius 3 is 2.33 bits per heavy atom. The van der Waals surface area contributed by atoms with Gasteiger partial charge in [-0.25, -0.2) is 4.79 Å². The standard InChI is InChI=1S/C22H21NO4/c1-3-20(27-19-13-10-15-6-4-5-7-17(15)14-19)21(24)23-18-11-8-16(9-12-18)22(25)26-2/h4-14,20H,3H2,1-2H3,(H,23,24). The van der Waals surface area contributed by atoms with E-state index in [1.807, 2.05) is 49.4 Å². The second-order valence-electron chi connectivity index (χ2n) is 6.08. The number of carbonyl (C=O) groups excluding carboxylic acids is 2. The number of hydrogen-bond donors (Lipinski definition) is 1. The second-order valence-corrected chi connectivity index (χ2v) is 6.08. The van der Waals surface area contributed by atoms with Crippen LogP contribution in [-0.2, 0) is 9.53 Å². The first-order valence-corrected chi connectivity index (χ1v) is 8.75. The molecule has 0 bridgehead atoms. The number of carbonyl (C=O) groups is 2. The molecule has 5 heteroatoms. The maximum atomic E-state index is 12.6. The Bertz CT molecular complexity index is 950. The highest BCUT2D eigenvalue weighted by Crippen LogP contribution is 2.22. The molecule has 1 amide bonds. The van der Waals surface area contributed by atoms with E-state index in [2.05, 4.69) is 10.1 Å². The highest BCUT2D eigenvalue weighted by Gasteiger charge is 2.19. The van der Waals surface area contributed by atoms with Crippen molar-refractivity contribution in [1.29, 1.82) is 0 Å². The van der Waals surface area contributed by atoms with Crippen LogP contribution in [0.3, 0.4) is 0 Å². The quantitative estimate of drug-likeness (QED) is 0.658. The Labute approximate surface area is 157 Å². The Kier molecular flexibility index (Phi) is 5.71. The molecule has 1 N–H and O–H groups in total. The zero-order valence-electron chi connectivity index (χ0n) is 15.3. The predicted octanol–water partition coefficient (Wildman–Crippen LogP) is 4.42. The molecule has 0 heterocycles. The lowest BCUT2D eigenvalue weighted by molar-refractivity contribution is -0.122. The molecule has 5 nitrogen and oxygen atoms in total. The van der Waals surface area contributed by atoms with E-state index in [4.69, 9.17) is 4.74 Å². The van der Waals surface area contributed by atoms with Gasteiger partial charge in [-0.15, -0.1) is 0 Å². The molecule has 0 fully saturated rings. The average Bonchev–Trinajstić information content (AvgIpc) is 2.71. The lowest BCUT2D eigenvalue weighted by atomic mass is 10.1. The molecule has 0 saturated carbocycles. The minimum absolute atomic E-state index is 0.239. The molecule has 0 aliphatic heterocycles. The van der Waals surface area contributed by atoms with Crippen LogP contribution in [0.4, 0.5) is 5.69 Å². The zero-order valence-corrected chi connectivity index (χ0v) is 15.3. The van der Waals surface area contributed by atoms with Crippen LogP contribution < -0.4 is 10.1 Å². The number of rotatable bonds is 6. The number of nitrogens with one attached hydrogen (secondary N) is 1. The summed E-state index contributed by atoms with van der Waals surface area (Å²) in [7, 11) is 1.33. The van der Waals surface area contributed by atoms with E-state index < -0.39 is 12.1 Å². The SMILES string of the molecule is CCC(Oc1ccc2ccccc2c1)C(=O)Nc1ccc(C(=O)OC)cc1. The minimum atomic E-state index is -0.619. The Balaban J connectivity index is 1.68. The summed E-state index contributed by atoms with van der Waals surface area (Å²) in [5, 5.41) is 5.00. The van der Waals surface area contributed by atoms with Gasteiger partial charge in [0, 0.05) is 5.69 Å². The summed E-state index contributed by atoms with van der Waals surface area (Å²) in [6, 6.07) is 20.3. The van der Waals surface area contributed by atoms with Crippen LogP contribution in [0.25, 0.3) is 10.8 Å². The maximum absolute atomic E-state index is 12.6. The first kappa shape index (κ1) is 18.5. The molecular weight excluding hydrogens is 342 g/mol. The highest BCUT2D eigenvalue weighted by atomic mass is 16.5. The van der Waals surface area contributed by atoms with Gasteiger partial charge in [0.2, 0.25) is 0 Å². The number of ether oxygens (including phenoxy) is 2. The molecular formula is C22H21NO4. The van der Waals surface area contributed by atoms with E-state index >= 15 is 0 Å². The van der Waals surface area contributed by atoms with E-state index in [0.29, 0.717) is 23.4 Å². The lowest BCUT2D eigenvalue weighted by Gasteiger charge is -2.18. The van der Waals surface area contributed by atoms with Crippen molar-refractivity contribution >= 4 is 28.3 Å². The number of amides is 1. The van der Waals surface area contributed by atoms with Crippen LogP contribution in [-0.4, -0.2) is 25.1 Å². The van der Waals surface area contributed by atoms with Crippen LogP contribution in [0.1, 0.15) is 23.7 Å². The van der Waals surface area contributed by atoms with Gasteiger partial charge in [-0.1, -0.05) is 37.3 Å². The Hall–Kier alpha value is -3.34. The summed E-state index contributed by atoms with van der Waals surface area (Å²) < 4.78 is 10.6. The summed E-state index contributed by atoms with van der Waals surface area (Å²) >= 11 is 0. The lowest BCUT2D eigenvalue weighted by Crippen LogP contribution is -2.32. The molecule has 0 spiro atoms.